The van der Waals surface area contributed by atoms with Gasteiger partial charge in [0.1, 0.15) is 5.75 Å². The van der Waals surface area contributed by atoms with Crippen molar-refractivity contribution in [3.63, 3.8) is 0 Å². The van der Waals surface area contributed by atoms with Crippen LogP contribution in [-0.2, 0) is 24.2 Å². The van der Waals surface area contributed by atoms with Gasteiger partial charge in [-0.05, 0) is 68.7 Å². The Balaban J connectivity index is 1.52. The van der Waals surface area contributed by atoms with Crippen molar-refractivity contribution in [1.29, 1.82) is 0 Å². The smallest absolute Gasteiger partial charge is 0.239 e. The first-order valence-electron chi connectivity index (χ1n) is 12.7. The van der Waals surface area contributed by atoms with E-state index < -0.39 is 20.5 Å². The highest BCUT2D eigenvalue weighted by molar-refractivity contribution is 7.93. The molecule has 0 radical (unpaired) electrons. The second-order valence-corrected chi connectivity index (χ2v) is 11.7. The third-order valence-electron chi connectivity index (χ3n) is 6.87. The molecule has 1 saturated heterocycles. The van der Waals surface area contributed by atoms with Crippen molar-refractivity contribution in [2.45, 2.75) is 61.5 Å². The molecule has 9 heteroatoms. The molecule has 2 aliphatic heterocycles. The lowest BCUT2D eigenvalue weighted by molar-refractivity contribution is -0.131. The van der Waals surface area contributed by atoms with E-state index in [2.05, 4.69) is 31.2 Å². The fourth-order valence-electron chi connectivity index (χ4n) is 4.47. The van der Waals surface area contributed by atoms with Crippen molar-refractivity contribution in [3.8, 4) is 5.75 Å². The van der Waals surface area contributed by atoms with Crippen LogP contribution in [0.25, 0.3) is 0 Å². The fourth-order valence-corrected chi connectivity index (χ4v) is 6.39. The zero-order chi connectivity index (χ0) is 26.0. The Morgan fingerprint density at radius 3 is 2.50 bits per heavy atom. The van der Waals surface area contributed by atoms with Crippen LogP contribution in [0.4, 0.5) is 0 Å². The van der Waals surface area contributed by atoms with Gasteiger partial charge in [0.2, 0.25) is 11.8 Å². The van der Waals surface area contributed by atoms with E-state index in [9.17, 15) is 18.0 Å². The minimum absolute atomic E-state index is 0.0301. The maximum Gasteiger partial charge on any atom is 0.239 e. The van der Waals surface area contributed by atoms with E-state index in [0.29, 0.717) is 37.7 Å². The van der Waals surface area contributed by atoms with Gasteiger partial charge in [-0.15, -0.1) is 0 Å². The second-order valence-electron chi connectivity index (χ2n) is 9.48. The molecule has 0 spiro atoms. The summed E-state index contributed by atoms with van der Waals surface area (Å²) in [5, 5.41) is 0. The summed E-state index contributed by atoms with van der Waals surface area (Å²) in [6.07, 6.45) is 12.6. The summed E-state index contributed by atoms with van der Waals surface area (Å²) in [5.41, 5.74) is 5.52. The van der Waals surface area contributed by atoms with E-state index in [-0.39, 0.29) is 36.9 Å². The molecule has 1 unspecified atom stereocenters. The van der Waals surface area contributed by atoms with Crippen LogP contribution >= 0.6 is 0 Å². The number of ether oxygens (including phenoxy) is 2. The molecule has 1 atom stereocenters. The number of primary amides is 1. The highest BCUT2D eigenvalue weighted by Crippen LogP contribution is 2.35. The molecule has 0 saturated carbocycles. The predicted octanol–water partition coefficient (Wildman–Crippen LogP) is 3.41. The van der Waals surface area contributed by atoms with Crippen LogP contribution in [0.2, 0.25) is 0 Å². The first-order chi connectivity index (χ1) is 17.3. The minimum Gasteiger partial charge on any atom is -0.494 e. The van der Waals surface area contributed by atoms with Crippen molar-refractivity contribution >= 4 is 21.7 Å². The Bertz CT molecular complexity index is 1040. The Labute approximate surface area is 214 Å². The topological polar surface area (TPSA) is 116 Å². The molecule has 0 aliphatic carbocycles. The number of hydrogen-bond acceptors (Lipinski definition) is 6. The number of nitrogens with two attached hydrogens (primary N) is 1. The molecular weight excluding hydrogens is 480 g/mol. The number of sulfone groups is 1. The summed E-state index contributed by atoms with van der Waals surface area (Å²) >= 11 is 0. The molecule has 2 aliphatic rings. The van der Waals surface area contributed by atoms with Crippen molar-refractivity contribution in [2.24, 2.45) is 11.7 Å². The largest absolute Gasteiger partial charge is 0.494 e. The molecule has 1 aromatic carbocycles. The van der Waals surface area contributed by atoms with E-state index in [1.54, 1.807) is 12.1 Å². The number of nitrogens with zero attached hydrogens (tertiary/aromatic N) is 1. The molecule has 8 nitrogen and oxygen atoms in total. The normalized spacial score (nSPS) is 22.7. The molecular formula is C27H38N2O6S. The Morgan fingerprint density at radius 2 is 1.81 bits per heavy atom. The fraction of sp³-hybridized carbons (Fsp3) is 0.556. The summed E-state index contributed by atoms with van der Waals surface area (Å²) in [7, 11) is -3.98. The number of hydrogen-bond donors (Lipinski definition) is 1. The predicted molar refractivity (Wildman–Crippen MR) is 138 cm³/mol. The molecule has 198 valence electrons. The number of benzene rings is 1. The van der Waals surface area contributed by atoms with Gasteiger partial charge in [-0.2, -0.15) is 0 Å². The maximum absolute atomic E-state index is 13.2. The van der Waals surface area contributed by atoms with Gasteiger partial charge < -0.3 is 20.1 Å². The first kappa shape index (κ1) is 27.9. The van der Waals surface area contributed by atoms with Gasteiger partial charge in [-0.1, -0.05) is 31.2 Å². The van der Waals surface area contributed by atoms with Gasteiger partial charge >= 0.3 is 0 Å². The maximum atomic E-state index is 13.2. The lowest BCUT2D eigenvalue weighted by Crippen LogP contribution is -2.53. The third-order valence-corrected chi connectivity index (χ3v) is 9.40. The standard InChI is InChI=1S/C27H38N2O6S/c1-22-8-5-3-2-4-6-17-29(18-14-22)25(30)9-7-19-35-23-10-12-24(13-11-23)36(32,33)27(26(28)31)15-20-34-21-16-27/h4-6,8,10-13,22H,2-3,7,9,14-21H2,1H3,(H2,28,31)/b6-4-,8-5-. The SMILES string of the molecule is CC1/C=C\CC/C=C\CN(C(=O)CCCOc2ccc(S(=O)(=O)C3(C(N)=O)CCOCC3)cc2)CC1. The average molecular weight is 519 g/mol. The van der Waals surface area contributed by atoms with Gasteiger partial charge in [0.05, 0.1) is 11.5 Å². The second kappa shape index (κ2) is 13.1. The minimum atomic E-state index is -3.98. The van der Waals surface area contributed by atoms with Crippen LogP contribution in [0, 0.1) is 5.92 Å². The number of rotatable bonds is 8. The Hall–Kier alpha value is -2.65. The molecule has 2 heterocycles. The molecule has 2 N–H and O–H groups in total. The summed E-state index contributed by atoms with van der Waals surface area (Å²) in [4.78, 5) is 26.8. The molecule has 2 amide bonds. The average Bonchev–Trinajstić information content (AvgIpc) is 2.92. The Morgan fingerprint density at radius 1 is 1.11 bits per heavy atom. The molecule has 0 bridgehead atoms. The van der Waals surface area contributed by atoms with Crippen molar-refractivity contribution < 1.29 is 27.5 Å². The van der Waals surface area contributed by atoms with Gasteiger partial charge in [-0.25, -0.2) is 8.42 Å². The lowest BCUT2D eigenvalue weighted by atomic mass is 9.98. The third kappa shape index (κ3) is 6.97. The van der Waals surface area contributed by atoms with Crippen molar-refractivity contribution in [2.75, 3.05) is 32.9 Å². The molecule has 1 fully saturated rings. The number of carbonyl (C=O) groups excluding carboxylic acids is 2. The number of allylic oxidation sites excluding steroid dienone is 3. The summed E-state index contributed by atoms with van der Waals surface area (Å²) in [6.45, 7) is 4.21. The summed E-state index contributed by atoms with van der Waals surface area (Å²) in [6, 6.07) is 6.00. The first-order valence-corrected chi connectivity index (χ1v) is 14.2. The van der Waals surface area contributed by atoms with Crippen LogP contribution in [0.3, 0.4) is 0 Å². The quantitative estimate of drug-likeness (QED) is 0.416. The van der Waals surface area contributed by atoms with E-state index in [4.69, 9.17) is 15.2 Å². The van der Waals surface area contributed by atoms with Crippen LogP contribution in [0.5, 0.6) is 5.75 Å². The lowest BCUT2D eigenvalue weighted by Gasteiger charge is -2.33. The van der Waals surface area contributed by atoms with Gasteiger partial charge in [0, 0.05) is 32.7 Å². The van der Waals surface area contributed by atoms with E-state index in [1.165, 1.54) is 12.1 Å². The van der Waals surface area contributed by atoms with Crippen LogP contribution in [0.1, 0.15) is 51.9 Å². The van der Waals surface area contributed by atoms with Gasteiger partial charge in [0.25, 0.3) is 0 Å². The molecule has 36 heavy (non-hydrogen) atoms. The molecule has 1 aromatic rings. The van der Waals surface area contributed by atoms with Crippen LogP contribution in [0.15, 0.2) is 53.5 Å². The van der Waals surface area contributed by atoms with Crippen molar-refractivity contribution in [1.82, 2.24) is 4.90 Å². The molecule has 3 rings (SSSR count). The van der Waals surface area contributed by atoms with Gasteiger partial charge in [0.15, 0.2) is 14.6 Å². The zero-order valence-corrected chi connectivity index (χ0v) is 21.9. The van der Waals surface area contributed by atoms with Crippen LogP contribution in [-0.4, -0.2) is 62.8 Å². The van der Waals surface area contributed by atoms with Gasteiger partial charge in [-0.3, -0.25) is 9.59 Å². The molecule has 0 aromatic heterocycles. The van der Waals surface area contributed by atoms with E-state index in [1.807, 2.05) is 4.90 Å². The van der Waals surface area contributed by atoms with E-state index in [0.717, 1.165) is 25.8 Å². The highest BCUT2D eigenvalue weighted by Gasteiger charge is 2.51. The van der Waals surface area contributed by atoms with Crippen molar-refractivity contribution in [3.05, 3.63) is 48.6 Å². The van der Waals surface area contributed by atoms with E-state index >= 15 is 0 Å². The number of carbonyl (C=O) groups is 2. The Kier molecular flexibility index (Phi) is 10.1. The zero-order valence-electron chi connectivity index (χ0n) is 21.1. The number of amides is 2. The highest BCUT2D eigenvalue weighted by atomic mass is 32.2. The monoisotopic (exact) mass is 518 g/mol. The summed E-state index contributed by atoms with van der Waals surface area (Å²) in [5.74, 6) is 0.199. The summed E-state index contributed by atoms with van der Waals surface area (Å²) < 4.78 is 35.8. The van der Waals surface area contributed by atoms with Crippen LogP contribution < -0.4 is 10.5 Å².